The van der Waals surface area contributed by atoms with Gasteiger partial charge in [-0.15, -0.1) is 5.10 Å². The van der Waals surface area contributed by atoms with Crippen LogP contribution in [0.25, 0.3) is 22.1 Å². The minimum Gasteiger partial charge on any atom is -0.503 e. The van der Waals surface area contributed by atoms with Crippen molar-refractivity contribution in [2.75, 3.05) is 0 Å². The predicted molar refractivity (Wildman–Crippen MR) is 69.1 cm³/mol. The van der Waals surface area contributed by atoms with Crippen molar-refractivity contribution in [3.8, 4) is 11.5 Å². The van der Waals surface area contributed by atoms with Crippen molar-refractivity contribution in [2.45, 2.75) is 0 Å². The van der Waals surface area contributed by atoms with Crippen molar-refractivity contribution < 1.29 is 9.94 Å². The summed E-state index contributed by atoms with van der Waals surface area (Å²) in [6.45, 7) is 0. The average Bonchev–Trinajstić information content (AvgIpc) is 3.10. The molecule has 0 amide bonds. The molecular formula is C12H8N6O2. The molecule has 98 valence electrons. The lowest BCUT2D eigenvalue weighted by Crippen LogP contribution is -2.07. The summed E-state index contributed by atoms with van der Waals surface area (Å²) in [5, 5.41) is 28.1. The standard InChI is InChI=1S/C12H8N6O2/c19-12-10(6-5-8-11(12)15-16-13-8)20-18-9-4-2-1-3-7(9)14-17-18/h1-6,19H,(H,13,15,16). The first-order valence-corrected chi connectivity index (χ1v) is 5.84. The molecule has 0 fully saturated rings. The van der Waals surface area contributed by atoms with Gasteiger partial charge in [0, 0.05) is 0 Å². The lowest BCUT2D eigenvalue weighted by Gasteiger charge is -2.06. The Morgan fingerprint density at radius 2 is 1.95 bits per heavy atom. The molecule has 0 spiro atoms. The first-order chi connectivity index (χ1) is 9.83. The van der Waals surface area contributed by atoms with Crippen molar-refractivity contribution in [2.24, 2.45) is 0 Å². The van der Waals surface area contributed by atoms with Gasteiger partial charge in [-0.25, -0.2) is 0 Å². The Kier molecular flexibility index (Phi) is 2.10. The van der Waals surface area contributed by atoms with Crippen LogP contribution in [0.3, 0.4) is 0 Å². The summed E-state index contributed by atoms with van der Waals surface area (Å²) < 4.78 is 0. The van der Waals surface area contributed by atoms with Crippen LogP contribution in [-0.4, -0.2) is 35.7 Å². The van der Waals surface area contributed by atoms with Gasteiger partial charge in [-0.1, -0.05) is 17.0 Å². The zero-order valence-electron chi connectivity index (χ0n) is 10.1. The van der Waals surface area contributed by atoms with Crippen LogP contribution in [0.1, 0.15) is 0 Å². The van der Waals surface area contributed by atoms with Gasteiger partial charge in [0.2, 0.25) is 5.75 Å². The van der Waals surface area contributed by atoms with Crippen molar-refractivity contribution in [3.63, 3.8) is 0 Å². The highest BCUT2D eigenvalue weighted by molar-refractivity contribution is 5.83. The normalized spacial score (nSPS) is 11.2. The van der Waals surface area contributed by atoms with E-state index in [1.165, 1.54) is 4.85 Å². The van der Waals surface area contributed by atoms with Gasteiger partial charge >= 0.3 is 0 Å². The molecule has 0 aliphatic heterocycles. The number of hydrogen-bond donors (Lipinski definition) is 2. The number of aromatic amines is 1. The van der Waals surface area contributed by atoms with Crippen molar-refractivity contribution in [1.29, 1.82) is 0 Å². The quantitative estimate of drug-likeness (QED) is 0.567. The van der Waals surface area contributed by atoms with Gasteiger partial charge in [0.25, 0.3) is 0 Å². The lowest BCUT2D eigenvalue weighted by atomic mass is 10.3. The summed E-state index contributed by atoms with van der Waals surface area (Å²) in [7, 11) is 0. The van der Waals surface area contributed by atoms with Crippen LogP contribution < -0.4 is 4.84 Å². The lowest BCUT2D eigenvalue weighted by molar-refractivity contribution is 0.177. The Morgan fingerprint density at radius 3 is 2.90 bits per heavy atom. The zero-order chi connectivity index (χ0) is 13.5. The maximum atomic E-state index is 10.1. The molecule has 8 heteroatoms. The van der Waals surface area contributed by atoms with E-state index >= 15 is 0 Å². The van der Waals surface area contributed by atoms with Gasteiger partial charge in [0.15, 0.2) is 11.3 Å². The van der Waals surface area contributed by atoms with Crippen LogP contribution in [0.2, 0.25) is 0 Å². The van der Waals surface area contributed by atoms with Gasteiger partial charge in [0.1, 0.15) is 16.6 Å². The topological polar surface area (TPSA) is 102 Å². The van der Waals surface area contributed by atoms with Crippen LogP contribution in [0.15, 0.2) is 36.4 Å². The number of phenolic OH excluding ortho intramolecular Hbond substituents is 1. The summed E-state index contributed by atoms with van der Waals surface area (Å²) in [6, 6.07) is 10.6. The number of H-pyrrole nitrogens is 1. The minimum atomic E-state index is -0.101. The van der Waals surface area contributed by atoms with Crippen LogP contribution in [0.4, 0.5) is 0 Å². The van der Waals surface area contributed by atoms with E-state index in [4.69, 9.17) is 4.84 Å². The molecule has 4 rings (SSSR count). The van der Waals surface area contributed by atoms with E-state index in [1.807, 2.05) is 24.3 Å². The van der Waals surface area contributed by atoms with E-state index in [-0.39, 0.29) is 11.5 Å². The molecule has 0 aliphatic carbocycles. The Hall–Kier alpha value is -3.16. The minimum absolute atomic E-state index is 0.101. The van der Waals surface area contributed by atoms with Gasteiger partial charge in [0.05, 0.1) is 0 Å². The molecule has 0 saturated heterocycles. The second-order valence-corrected chi connectivity index (χ2v) is 4.15. The first kappa shape index (κ1) is 10.7. The summed E-state index contributed by atoms with van der Waals surface area (Å²) in [4.78, 5) is 6.80. The highest BCUT2D eigenvalue weighted by Crippen LogP contribution is 2.32. The predicted octanol–water partition coefficient (Wildman–Crippen LogP) is 1.25. The largest absolute Gasteiger partial charge is 0.503 e. The Balaban J connectivity index is 1.82. The second-order valence-electron chi connectivity index (χ2n) is 4.15. The first-order valence-electron chi connectivity index (χ1n) is 5.84. The Morgan fingerprint density at radius 1 is 1.05 bits per heavy atom. The van der Waals surface area contributed by atoms with Gasteiger partial charge < -0.3 is 9.94 Å². The van der Waals surface area contributed by atoms with Crippen molar-refractivity contribution >= 4 is 22.1 Å². The molecule has 2 heterocycles. The molecule has 2 aromatic heterocycles. The Labute approximate surface area is 111 Å². The molecule has 0 unspecified atom stereocenters. The fourth-order valence-electron chi connectivity index (χ4n) is 1.96. The summed E-state index contributed by atoms with van der Waals surface area (Å²) in [6.07, 6.45) is 0. The molecule has 2 aromatic carbocycles. The van der Waals surface area contributed by atoms with E-state index in [0.717, 1.165) is 0 Å². The van der Waals surface area contributed by atoms with E-state index in [2.05, 4.69) is 25.7 Å². The smallest absolute Gasteiger partial charge is 0.202 e. The third-order valence-corrected chi connectivity index (χ3v) is 2.93. The van der Waals surface area contributed by atoms with Gasteiger partial charge in [-0.05, 0) is 29.5 Å². The molecule has 0 aliphatic rings. The monoisotopic (exact) mass is 268 g/mol. The summed E-state index contributed by atoms with van der Waals surface area (Å²) in [5.74, 6) is 0.123. The zero-order valence-corrected chi connectivity index (χ0v) is 10.1. The van der Waals surface area contributed by atoms with Crippen LogP contribution in [0, 0.1) is 0 Å². The van der Waals surface area contributed by atoms with Crippen LogP contribution >= 0.6 is 0 Å². The van der Waals surface area contributed by atoms with Gasteiger partial charge in [-0.2, -0.15) is 15.4 Å². The van der Waals surface area contributed by atoms with E-state index in [1.54, 1.807) is 12.1 Å². The number of nitrogens with one attached hydrogen (secondary N) is 1. The molecule has 0 radical (unpaired) electrons. The maximum Gasteiger partial charge on any atom is 0.202 e. The number of rotatable bonds is 2. The summed E-state index contributed by atoms with van der Waals surface area (Å²) in [5.41, 5.74) is 2.30. The number of aromatic hydroxyl groups is 1. The SMILES string of the molecule is Oc1c(On2nnc3ccccc32)ccc2n[nH]nc12. The molecular weight excluding hydrogens is 260 g/mol. The molecule has 2 N–H and O–H groups in total. The molecule has 4 aromatic rings. The molecule has 0 atom stereocenters. The highest BCUT2D eigenvalue weighted by atomic mass is 16.7. The van der Waals surface area contributed by atoms with E-state index in [0.29, 0.717) is 22.1 Å². The fourth-order valence-corrected chi connectivity index (χ4v) is 1.96. The number of fused-ring (bicyclic) bond motifs is 2. The van der Waals surface area contributed by atoms with Crippen molar-refractivity contribution in [3.05, 3.63) is 36.4 Å². The average molecular weight is 268 g/mol. The van der Waals surface area contributed by atoms with E-state index < -0.39 is 0 Å². The van der Waals surface area contributed by atoms with Crippen LogP contribution in [-0.2, 0) is 0 Å². The number of nitrogens with zero attached hydrogens (tertiary/aromatic N) is 5. The number of para-hydroxylation sites is 1. The number of aromatic nitrogens is 6. The number of benzene rings is 2. The second kappa shape index (κ2) is 3.92. The molecule has 0 saturated carbocycles. The molecule has 20 heavy (non-hydrogen) atoms. The Bertz CT molecular complexity index is 913. The third kappa shape index (κ3) is 1.48. The maximum absolute atomic E-state index is 10.1. The number of hydrogen-bond acceptors (Lipinski definition) is 6. The third-order valence-electron chi connectivity index (χ3n) is 2.93. The van der Waals surface area contributed by atoms with E-state index in [9.17, 15) is 5.11 Å². The molecule has 0 bridgehead atoms. The van der Waals surface area contributed by atoms with Crippen LogP contribution in [0.5, 0.6) is 11.5 Å². The number of phenols is 1. The summed E-state index contributed by atoms with van der Waals surface area (Å²) >= 11 is 0. The molecule has 8 nitrogen and oxygen atoms in total. The van der Waals surface area contributed by atoms with Gasteiger partial charge in [-0.3, -0.25) is 0 Å². The fraction of sp³-hybridized carbons (Fsp3) is 0. The highest BCUT2D eigenvalue weighted by Gasteiger charge is 2.13. The van der Waals surface area contributed by atoms with Crippen molar-refractivity contribution in [1.82, 2.24) is 30.6 Å².